The monoisotopic (exact) mass is 843 g/mol. The fourth-order valence-electron chi connectivity index (χ4n) is 8.57. The molecule has 0 bridgehead atoms. The van der Waals surface area contributed by atoms with Crippen molar-refractivity contribution in [2.24, 2.45) is 0 Å². The minimum atomic E-state index is -0.382. The standard InChI is InChI=1S/C53H98N2O5/c1-8-12-15-18-22-28-36-46(6)59-47(7)37-29-27-34-43-55(44-35-41-54-51-50(45(5)11-4)52(57)53(51)58)42-33-26-21-25-32-40-49(56)60-48(38-30-23-19-16-13-9-2)39-31-24-20-17-14-10-3/h11,46-48,54H,8-10,12-44H2,1-7H3/b45-11-. The summed E-state index contributed by atoms with van der Waals surface area (Å²) in [7, 11) is 0. The zero-order chi connectivity index (χ0) is 44.1. The van der Waals surface area contributed by atoms with Crippen LogP contribution in [0.15, 0.2) is 15.7 Å². The first-order chi connectivity index (χ1) is 29.2. The number of hydrogen-bond donors (Lipinski definition) is 1. The summed E-state index contributed by atoms with van der Waals surface area (Å²) in [4.78, 5) is 39.9. The van der Waals surface area contributed by atoms with E-state index in [2.05, 4.69) is 44.8 Å². The van der Waals surface area contributed by atoms with Gasteiger partial charge in [0.1, 0.15) is 6.10 Å². The summed E-state index contributed by atoms with van der Waals surface area (Å²) in [6, 6.07) is 0. The van der Waals surface area contributed by atoms with Crippen molar-refractivity contribution in [1.82, 2.24) is 4.90 Å². The second-order valence-electron chi connectivity index (χ2n) is 18.4. The molecular formula is C53H98N2O5. The van der Waals surface area contributed by atoms with E-state index in [0.29, 0.717) is 36.4 Å². The van der Waals surface area contributed by atoms with E-state index in [1.54, 1.807) is 0 Å². The van der Waals surface area contributed by atoms with E-state index in [-0.39, 0.29) is 22.9 Å². The van der Waals surface area contributed by atoms with Gasteiger partial charge >= 0.3 is 5.97 Å². The number of nitrogens with zero attached hydrogens (tertiary/aromatic N) is 1. The van der Waals surface area contributed by atoms with E-state index in [9.17, 15) is 14.4 Å². The van der Waals surface area contributed by atoms with E-state index in [1.165, 1.54) is 148 Å². The summed E-state index contributed by atoms with van der Waals surface area (Å²) in [5, 5.41) is 3.29. The van der Waals surface area contributed by atoms with Crippen LogP contribution >= 0.6 is 0 Å². The van der Waals surface area contributed by atoms with Gasteiger partial charge in [-0.1, -0.05) is 162 Å². The van der Waals surface area contributed by atoms with Crippen LogP contribution in [-0.2, 0) is 14.3 Å². The summed E-state index contributed by atoms with van der Waals surface area (Å²) in [6.07, 6.45) is 40.8. The number of ether oxygens (including phenoxy) is 2. The van der Waals surface area contributed by atoms with Crippen molar-refractivity contribution in [3.8, 4) is 0 Å². The van der Waals surface area contributed by atoms with Crippen molar-refractivity contribution in [1.29, 1.82) is 0 Å². The Kier molecular flexibility index (Phi) is 36.1. The van der Waals surface area contributed by atoms with Crippen LogP contribution in [0.1, 0.15) is 259 Å². The second kappa shape index (κ2) is 38.7. The molecule has 0 radical (unpaired) electrons. The van der Waals surface area contributed by atoms with Crippen molar-refractivity contribution < 1.29 is 14.3 Å². The number of hydrogen-bond acceptors (Lipinski definition) is 7. The third-order valence-electron chi connectivity index (χ3n) is 12.6. The number of allylic oxidation sites excluding steroid dienone is 2. The Balaban J connectivity index is 2.48. The highest BCUT2D eigenvalue weighted by molar-refractivity contribution is 5.78. The van der Waals surface area contributed by atoms with Crippen LogP contribution in [0.25, 0.3) is 5.57 Å². The fourth-order valence-corrected chi connectivity index (χ4v) is 8.57. The highest BCUT2D eigenvalue weighted by Crippen LogP contribution is 2.20. The number of nitrogens with one attached hydrogen (secondary N) is 1. The molecule has 7 heteroatoms. The minimum Gasteiger partial charge on any atom is -0.462 e. The average molecular weight is 843 g/mol. The fraction of sp³-hybridized carbons (Fsp3) is 0.868. The molecular weight excluding hydrogens is 745 g/mol. The molecule has 7 nitrogen and oxygen atoms in total. The molecule has 350 valence electrons. The second-order valence-corrected chi connectivity index (χ2v) is 18.4. The maximum atomic E-state index is 12.9. The lowest BCUT2D eigenvalue weighted by molar-refractivity contribution is -0.150. The number of unbranched alkanes of at least 4 members (excludes halogenated alkanes) is 21. The van der Waals surface area contributed by atoms with Gasteiger partial charge < -0.3 is 19.7 Å². The number of carbonyl (C=O) groups excluding carboxylic acids is 1. The lowest BCUT2D eigenvalue weighted by atomic mass is 9.99. The van der Waals surface area contributed by atoms with Crippen LogP contribution < -0.4 is 16.2 Å². The molecule has 2 unspecified atom stereocenters. The third kappa shape index (κ3) is 28.6. The van der Waals surface area contributed by atoms with Gasteiger partial charge in [-0.3, -0.25) is 14.4 Å². The zero-order valence-corrected chi connectivity index (χ0v) is 40.8. The number of rotatable bonds is 44. The van der Waals surface area contributed by atoms with Crippen LogP contribution in [0.5, 0.6) is 0 Å². The van der Waals surface area contributed by atoms with Crippen molar-refractivity contribution in [2.75, 3.05) is 31.5 Å². The summed E-state index contributed by atoms with van der Waals surface area (Å²) in [5.74, 6) is 0.0112. The first-order valence-corrected chi connectivity index (χ1v) is 26.0. The van der Waals surface area contributed by atoms with Crippen molar-refractivity contribution >= 4 is 17.2 Å². The lowest BCUT2D eigenvalue weighted by Gasteiger charge is -2.23. The molecule has 0 aliphatic rings. The molecule has 0 aliphatic heterocycles. The maximum absolute atomic E-state index is 12.9. The van der Waals surface area contributed by atoms with Gasteiger partial charge in [0, 0.05) is 13.0 Å². The van der Waals surface area contributed by atoms with Gasteiger partial charge in [-0.25, -0.2) is 0 Å². The van der Waals surface area contributed by atoms with E-state index in [0.717, 1.165) is 76.6 Å². The van der Waals surface area contributed by atoms with Gasteiger partial charge in [-0.2, -0.15) is 0 Å². The highest BCUT2D eigenvalue weighted by Gasteiger charge is 2.21. The Morgan fingerprint density at radius 1 is 0.567 bits per heavy atom. The number of esters is 1. The normalized spacial score (nSPS) is 13.2. The molecule has 1 aromatic carbocycles. The average Bonchev–Trinajstić information content (AvgIpc) is 3.23. The Morgan fingerprint density at radius 3 is 1.48 bits per heavy atom. The molecule has 0 fully saturated rings. The summed E-state index contributed by atoms with van der Waals surface area (Å²) in [6.45, 7) is 18.9. The van der Waals surface area contributed by atoms with E-state index in [1.807, 2.05) is 19.9 Å². The molecule has 0 saturated heterocycles. The molecule has 1 N–H and O–H groups in total. The molecule has 0 amide bonds. The largest absolute Gasteiger partial charge is 0.462 e. The summed E-state index contributed by atoms with van der Waals surface area (Å²) < 4.78 is 12.4. The number of anilines is 1. The van der Waals surface area contributed by atoms with Crippen molar-refractivity contribution in [2.45, 2.75) is 272 Å². The zero-order valence-electron chi connectivity index (χ0n) is 40.8. The predicted molar refractivity (Wildman–Crippen MR) is 260 cm³/mol. The highest BCUT2D eigenvalue weighted by atomic mass is 16.5. The van der Waals surface area contributed by atoms with Gasteiger partial charge in [0.05, 0.1) is 23.5 Å². The predicted octanol–water partition coefficient (Wildman–Crippen LogP) is 14.7. The molecule has 2 atom stereocenters. The van der Waals surface area contributed by atoms with Crippen LogP contribution in [0.2, 0.25) is 0 Å². The van der Waals surface area contributed by atoms with Gasteiger partial charge in [-0.15, -0.1) is 0 Å². The van der Waals surface area contributed by atoms with Crippen LogP contribution in [0.4, 0.5) is 5.69 Å². The van der Waals surface area contributed by atoms with Gasteiger partial charge in [0.15, 0.2) is 0 Å². The quantitative estimate of drug-likeness (QED) is 0.0398. The van der Waals surface area contributed by atoms with Crippen molar-refractivity contribution in [3.05, 3.63) is 32.1 Å². The lowest BCUT2D eigenvalue weighted by Crippen LogP contribution is -2.38. The Bertz CT molecular complexity index is 1240. The first kappa shape index (κ1) is 56.0. The maximum Gasteiger partial charge on any atom is 0.306 e. The SMILES string of the molecule is C/C=C(/C)c1c(NCCCN(CCCCCCCC(=O)OC(CCCCCCCC)CCCCCCCC)CCCCCC(C)OC(C)CCCCCCCC)c(=O)c1=O. The topological polar surface area (TPSA) is 84.9 Å². The minimum absolute atomic E-state index is 0.0112. The van der Waals surface area contributed by atoms with Crippen LogP contribution in [0, 0.1) is 0 Å². The van der Waals surface area contributed by atoms with E-state index >= 15 is 0 Å². The van der Waals surface area contributed by atoms with E-state index < -0.39 is 0 Å². The molecule has 1 aromatic rings. The van der Waals surface area contributed by atoms with Crippen molar-refractivity contribution in [3.63, 3.8) is 0 Å². The van der Waals surface area contributed by atoms with Crippen LogP contribution in [-0.4, -0.2) is 55.4 Å². The molecule has 1 rings (SSSR count). The number of carbonyl (C=O) groups is 1. The van der Waals surface area contributed by atoms with Gasteiger partial charge in [0.2, 0.25) is 10.9 Å². The Labute approximate surface area is 371 Å². The first-order valence-electron chi connectivity index (χ1n) is 26.0. The van der Waals surface area contributed by atoms with Crippen LogP contribution in [0.3, 0.4) is 0 Å². The summed E-state index contributed by atoms with van der Waals surface area (Å²) in [5.41, 5.74) is 1.17. The third-order valence-corrected chi connectivity index (χ3v) is 12.6. The Morgan fingerprint density at radius 2 is 0.983 bits per heavy atom. The van der Waals surface area contributed by atoms with Gasteiger partial charge in [-0.05, 0) is 117 Å². The van der Waals surface area contributed by atoms with Gasteiger partial charge in [0.25, 0.3) is 0 Å². The molecule has 60 heavy (non-hydrogen) atoms. The molecule has 0 spiro atoms. The smallest absolute Gasteiger partial charge is 0.306 e. The molecule has 0 aromatic heterocycles. The Hall–Kier alpha value is -1.99. The summed E-state index contributed by atoms with van der Waals surface area (Å²) >= 11 is 0. The molecule has 0 saturated carbocycles. The molecule has 0 heterocycles. The van der Waals surface area contributed by atoms with E-state index in [4.69, 9.17) is 9.47 Å². The molecule has 0 aliphatic carbocycles.